The van der Waals surface area contributed by atoms with Crippen LogP contribution in [0.15, 0.2) is 11.1 Å². The van der Waals surface area contributed by atoms with Gasteiger partial charge in [0.2, 0.25) is 5.95 Å². The summed E-state index contributed by atoms with van der Waals surface area (Å²) in [4.78, 5) is 34.0. The molecule has 9 heteroatoms. The number of aliphatic hydroxyl groups excluding tert-OH is 2. The molecule has 1 saturated carbocycles. The van der Waals surface area contributed by atoms with E-state index in [1.165, 1.54) is 10.9 Å². The summed E-state index contributed by atoms with van der Waals surface area (Å²) in [6, 6.07) is -0.708. The van der Waals surface area contributed by atoms with Gasteiger partial charge >= 0.3 is 0 Å². The number of anilines is 1. The summed E-state index contributed by atoms with van der Waals surface area (Å²) in [6.07, 6.45) is 0.542. The molecule has 106 valence electrons. The molecule has 0 saturated heterocycles. The van der Waals surface area contributed by atoms with Gasteiger partial charge in [0, 0.05) is 6.42 Å². The number of aromatic amines is 1. The number of nitrogen functional groups attached to an aromatic ring is 1. The molecular formula is C11H13N5O4. The fourth-order valence-corrected chi connectivity index (χ4v) is 2.58. The Balaban J connectivity index is 2.12. The van der Waals surface area contributed by atoms with Crippen LogP contribution in [0.25, 0.3) is 11.2 Å². The van der Waals surface area contributed by atoms with Gasteiger partial charge in [-0.25, -0.2) is 4.98 Å². The number of nitrogens with two attached hydrogens (primary N) is 1. The standard InChI is InChI=1S/C11H13N5O4/c12-11-14-9-7(10(20)15-11)13-3-16(9)5-1-6(18)4(2-17)8(5)19/h3-6,17-18H,1-2H2,(H3,12,14,15,20)/t4-,5+,6+/m1/s1. The van der Waals surface area contributed by atoms with Crippen molar-refractivity contribution in [2.24, 2.45) is 5.92 Å². The van der Waals surface area contributed by atoms with Crippen LogP contribution in [0.1, 0.15) is 12.5 Å². The van der Waals surface area contributed by atoms with Gasteiger partial charge in [-0.2, -0.15) is 4.98 Å². The van der Waals surface area contributed by atoms with Crippen LogP contribution in [0.2, 0.25) is 0 Å². The number of aromatic nitrogens is 4. The third kappa shape index (κ3) is 1.71. The van der Waals surface area contributed by atoms with Crippen molar-refractivity contribution in [3.8, 4) is 0 Å². The zero-order valence-electron chi connectivity index (χ0n) is 10.4. The average Bonchev–Trinajstić information content (AvgIpc) is 2.91. The van der Waals surface area contributed by atoms with Crippen molar-refractivity contribution in [1.82, 2.24) is 19.5 Å². The highest BCUT2D eigenvalue weighted by atomic mass is 16.3. The van der Waals surface area contributed by atoms with Gasteiger partial charge in [0.15, 0.2) is 16.9 Å². The summed E-state index contributed by atoms with van der Waals surface area (Å²) in [5.41, 5.74) is 5.26. The maximum atomic E-state index is 12.1. The maximum Gasteiger partial charge on any atom is 0.280 e. The van der Waals surface area contributed by atoms with E-state index in [0.717, 1.165) is 0 Å². The topological polar surface area (TPSA) is 147 Å². The highest BCUT2D eigenvalue weighted by Gasteiger charge is 2.42. The SMILES string of the molecule is Nc1nc2c(ncn2[C@H]2C[C@H](O)[C@@H](CO)C2=O)c(=O)[nH]1. The lowest BCUT2D eigenvalue weighted by Crippen LogP contribution is -2.24. The Kier molecular flexibility index (Phi) is 2.80. The lowest BCUT2D eigenvalue weighted by molar-refractivity contribution is -0.125. The molecule has 0 radical (unpaired) electrons. The van der Waals surface area contributed by atoms with E-state index in [2.05, 4.69) is 15.0 Å². The zero-order chi connectivity index (χ0) is 14.4. The van der Waals surface area contributed by atoms with Crippen LogP contribution in [-0.2, 0) is 4.79 Å². The lowest BCUT2D eigenvalue weighted by Gasteiger charge is -2.11. The van der Waals surface area contributed by atoms with Crippen LogP contribution in [0.3, 0.4) is 0 Å². The quantitative estimate of drug-likeness (QED) is 0.506. The Bertz CT molecular complexity index is 736. The van der Waals surface area contributed by atoms with Gasteiger partial charge in [-0.15, -0.1) is 0 Å². The van der Waals surface area contributed by atoms with Gasteiger partial charge in [0.05, 0.1) is 31.0 Å². The van der Waals surface area contributed by atoms with E-state index in [-0.39, 0.29) is 29.3 Å². The molecule has 3 rings (SSSR count). The van der Waals surface area contributed by atoms with Crippen LogP contribution < -0.4 is 11.3 Å². The van der Waals surface area contributed by atoms with Crippen LogP contribution >= 0.6 is 0 Å². The predicted molar refractivity (Wildman–Crippen MR) is 67.8 cm³/mol. The monoisotopic (exact) mass is 279 g/mol. The zero-order valence-corrected chi connectivity index (χ0v) is 10.4. The van der Waals surface area contributed by atoms with Crippen molar-refractivity contribution in [3.63, 3.8) is 0 Å². The molecule has 1 aliphatic carbocycles. The van der Waals surface area contributed by atoms with Crippen molar-refractivity contribution in [3.05, 3.63) is 16.7 Å². The highest BCUT2D eigenvalue weighted by Crippen LogP contribution is 2.32. The number of aliphatic hydroxyl groups is 2. The molecule has 0 unspecified atom stereocenters. The van der Waals surface area contributed by atoms with Crippen molar-refractivity contribution >= 4 is 22.9 Å². The van der Waals surface area contributed by atoms with Crippen LogP contribution in [-0.4, -0.2) is 48.2 Å². The number of imidazole rings is 1. The Labute approximate surface area is 112 Å². The average molecular weight is 279 g/mol. The van der Waals surface area contributed by atoms with E-state index in [1.807, 2.05) is 0 Å². The van der Waals surface area contributed by atoms with Crippen LogP contribution in [0.4, 0.5) is 5.95 Å². The summed E-state index contributed by atoms with van der Waals surface area (Å²) in [7, 11) is 0. The van der Waals surface area contributed by atoms with Gasteiger partial charge in [-0.1, -0.05) is 0 Å². The minimum atomic E-state index is -0.922. The first-order valence-corrected chi connectivity index (χ1v) is 6.08. The first-order valence-electron chi connectivity index (χ1n) is 6.08. The largest absolute Gasteiger partial charge is 0.396 e. The van der Waals surface area contributed by atoms with Gasteiger partial charge in [0.1, 0.15) is 0 Å². The minimum absolute atomic E-state index is 0.0750. The first-order chi connectivity index (χ1) is 9.52. The number of Topliss-reactive ketones (excluding diaryl/α,β-unsaturated/α-hetero) is 1. The summed E-state index contributed by atoms with van der Waals surface area (Å²) in [5, 5.41) is 18.9. The predicted octanol–water partition coefficient (Wildman–Crippen LogP) is -1.81. The number of ketones is 1. The summed E-state index contributed by atoms with van der Waals surface area (Å²) >= 11 is 0. The molecule has 9 nitrogen and oxygen atoms in total. The van der Waals surface area contributed by atoms with E-state index in [9.17, 15) is 14.7 Å². The Hall–Kier alpha value is -2.26. The van der Waals surface area contributed by atoms with Gasteiger partial charge in [0.25, 0.3) is 5.56 Å². The molecule has 20 heavy (non-hydrogen) atoms. The molecule has 0 bridgehead atoms. The molecule has 5 N–H and O–H groups in total. The van der Waals surface area contributed by atoms with Crippen LogP contribution in [0.5, 0.6) is 0 Å². The normalized spacial score (nSPS) is 26.5. The molecule has 0 aromatic carbocycles. The number of H-pyrrole nitrogens is 1. The van der Waals surface area contributed by atoms with Crippen molar-refractivity contribution in [2.75, 3.05) is 12.3 Å². The molecule has 2 heterocycles. The Morgan fingerprint density at radius 2 is 2.25 bits per heavy atom. The molecule has 1 fully saturated rings. The number of nitrogens with one attached hydrogen (secondary N) is 1. The molecule has 1 aliphatic rings. The summed E-state index contributed by atoms with van der Waals surface area (Å²) in [6.45, 7) is -0.417. The van der Waals surface area contributed by atoms with E-state index < -0.39 is 30.2 Å². The second kappa shape index (κ2) is 4.39. The number of hydrogen-bond acceptors (Lipinski definition) is 7. The molecule has 2 aromatic rings. The molecule has 0 aliphatic heterocycles. The first kappa shape index (κ1) is 12.8. The van der Waals surface area contributed by atoms with Crippen molar-refractivity contribution < 1.29 is 15.0 Å². The van der Waals surface area contributed by atoms with Gasteiger partial charge in [-0.3, -0.25) is 14.6 Å². The highest BCUT2D eigenvalue weighted by molar-refractivity contribution is 5.89. The fourth-order valence-electron chi connectivity index (χ4n) is 2.58. The van der Waals surface area contributed by atoms with Gasteiger partial charge < -0.3 is 20.5 Å². The number of fused-ring (bicyclic) bond motifs is 1. The number of carbonyl (C=O) groups is 1. The Morgan fingerprint density at radius 1 is 1.50 bits per heavy atom. The van der Waals surface area contributed by atoms with Crippen LogP contribution in [0, 0.1) is 5.92 Å². The molecule has 3 atom stereocenters. The number of nitrogens with zero attached hydrogens (tertiary/aromatic N) is 3. The third-order valence-corrected chi connectivity index (χ3v) is 3.61. The maximum absolute atomic E-state index is 12.1. The second-order valence-corrected chi connectivity index (χ2v) is 4.79. The van der Waals surface area contributed by atoms with Crippen molar-refractivity contribution in [1.29, 1.82) is 0 Å². The minimum Gasteiger partial charge on any atom is -0.396 e. The van der Waals surface area contributed by atoms with Crippen molar-refractivity contribution in [2.45, 2.75) is 18.6 Å². The van der Waals surface area contributed by atoms with E-state index in [0.29, 0.717) is 0 Å². The fraction of sp³-hybridized carbons (Fsp3) is 0.455. The molecule has 0 amide bonds. The summed E-state index contributed by atoms with van der Waals surface area (Å²) < 4.78 is 1.42. The van der Waals surface area contributed by atoms with E-state index >= 15 is 0 Å². The van der Waals surface area contributed by atoms with E-state index in [4.69, 9.17) is 10.8 Å². The number of carbonyl (C=O) groups excluding carboxylic acids is 1. The smallest absolute Gasteiger partial charge is 0.280 e. The Morgan fingerprint density at radius 3 is 2.90 bits per heavy atom. The molecular weight excluding hydrogens is 266 g/mol. The van der Waals surface area contributed by atoms with E-state index in [1.54, 1.807) is 0 Å². The number of hydrogen-bond donors (Lipinski definition) is 4. The van der Waals surface area contributed by atoms with Gasteiger partial charge in [-0.05, 0) is 0 Å². The number of rotatable bonds is 2. The summed E-state index contributed by atoms with van der Waals surface area (Å²) in [5.74, 6) is -1.20. The lowest BCUT2D eigenvalue weighted by atomic mass is 10.1. The molecule has 0 spiro atoms. The second-order valence-electron chi connectivity index (χ2n) is 4.79. The molecule has 2 aromatic heterocycles. The third-order valence-electron chi connectivity index (χ3n) is 3.61.